The van der Waals surface area contributed by atoms with Gasteiger partial charge in [-0.15, -0.1) is 0 Å². The molecule has 4 nitrogen and oxygen atoms in total. The number of hydrogen-bond acceptors (Lipinski definition) is 3. The molecule has 0 amide bonds. The lowest BCUT2D eigenvalue weighted by atomic mass is 10.0. The Kier molecular flexibility index (Phi) is 4.72. The monoisotopic (exact) mass is 306 g/mol. The van der Waals surface area contributed by atoms with Crippen molar-refractivity contribution < 1.29 is 8.42 Å². The Hall–Kier alpha value is -1.35. The molecule has 0 aliphatic heterocycles. The molecule has 0 unspecified atom stereocenters. The van der Waals surface area contributed by atoms with E-state index in [1.165, 1.54) is 0 Å². The normalized spacial score (nSPS) is 17.3. The minimum Gasteiger partial charge on any atom is -0.320 e. The van der Waals surface area contributed by atoms with Crippen molar-refractivity contribution in [2.75, 3.05) is 6.54 Å². The van der Waals surface area contributed by atoms with E-state index >= 15 is 0 Å². The smallest absolute Gasteiger partial charge is 0.241 e. The SMILES string of the molecule is Cc1ccc(C#CCN)cc1S(=O)(=O)NC1(C)CCCC1. The number of rotatable bonds is 3. The van der Waals surface area contributed by atoms with Gasteiger partial charge in [-0.1, -0.05) is 30.7 Å². The fourth-order valence-corrected chi connectivity index (χ4v) is 4.49. The largest absolute Gasteiger partial charge is 0.320 e. The van der Waals surface area contributed by atoms with Crippen molar-refractivity contribution in [2.24, 2.45) is 5.73 Å². The number of nitrogens with one attached hydrogen (secondary N) is 1. The number of benzene rings is 1. The van der Waals surface area contributed by atoms with Crippen LogP contribution in [0.4, 0.5) is 0 Å². The van der Waals surface area contributed by atoms with Gasteiger partial charge >= 0.3 is 0 Å². The topological polar surface area (TPSA) is 72.2 Å². The lowest BCUT2D eigenvalue weighted by molar-refractivity contribution is 0.427. The molecular weight excluding hydrogens is 284 g/mol. The molecular formula is C16H22N2O2S. The first kappa shape index (κ1) is 16.0. The summed E-state index contributed by atoms with van der Waals surface area (Å²) < 4.78 is 28.2. The molecule has 3 N–H and O–H groups in total. The quantitative estimate of drug-likeness (QED) is 0.838. The van der Waals surface area contributed by atoms with E-state index in [0.717, 1.165) is 31.2 Å². The van der Waals surface area contributed by atoms with Gasteiger partial charge in [-0.25, -0.2) is 13.1 Å². The first-order valence-corrected chi connectivity index (χ1v) is 8.68. The minimum atomic E-state index is -3.53. The van der Waals surface area contributed by atoms with Gasteiger partial charge in [0, 0.05) is 11.1 Å². The van der Waals surface area contributed by atoms with Crippen LogP contribution in [0.3, 0.4) is 0 Å². The maximum Gasteiger partial charge on any atom is 0.241 e. The molecule has 21 heavy (non-hydrogen) atoms. The molecule has 114 valence electrons. The van der Waals surface area contributed by atoms with E-state index in [2.05, 4.69) is 16.6 Å². The zero-order chi connectivity index (χ0) is 15.5. The van der Waals surface area contributed by atoms with Crippen LogP contribution >= 0.6 is 0 Å². The van der Waals surface area contributed by atoms with Gasteiger partial charge in [0.15, 0.2) is 0 Å². The summed E-state index contributed by atoms with van der Waals surface area (Å²) in [6, 6.07) is 5.22. The van der Waals surface area contributed by atoms with Crippen LogP contribution in [0.5, 0.6) is 0 Å². The van der Waals surface area contributed by atoms with Gasteiger partial charge in [0.05, 0.1) is 11.4 Å². The van der Waals surface area contributed by atoms with Gasteiger partial charge < -0.3 is 5.73 Å². The van der Waals surface area contributed by atoms with Crippen molar-refractivity contribution in [1.82, 2.24) is 4.72 Å². The molecule has 1 aromatic carbocycles. The molecule has 1 aromatic rings. The zero-order valence-electron chi connectivity index (χ0n) is 12.6. The summed E-state index contributed by atoms with van der Waals surface area (Å²) in [5.41, 5.74) is 6.42. The van der Waals surface area contributed by atoms with E-state index in [1.54, 1.807) is 19.1 Å². The van der Waals surface area contributed by atoms with Crippen molar-refractivity contribution in [3.8, 4) is 11.8 Å². The first-order chi connectivity index (χ1) is 9.86. The highest BCUT2D eigenvalue weighted by molar-refractivity contribution is 7.89. The molecule has 1 aliphatic rings. The van der Waals surface area contributed by atoms with Gasteiger partial charge in [0.2, 0.25) is 10.0 Å². The second kappa shape index (κ2) is 6.18. The van der Waals surface area contributed by atoms with Crippen LogP contribution in [0.25, 0.3) is 0 Å². The molecule has 0 aromatic heterocycles. The third kappa shape index (κ3) is 3.85. The average Bonchev–Trinajstić information content (AvgIpc) is 2.83. The van der Waals surface area contributed by atoms with Crippen molar-refractivity contribution in [3.63, 3.8) is 0 Å². The Bertz CT molecular complexity index is 678. The van der Waals surface area contributed by atoms with Gasteiger partial charge in [0.25, 0.3) is 0 Å². The average molecular weight is 306 g/mol. The van der Waals surface area contributed by atoms with E-state index in [4.69, 9.17) is 5.73 Å². The molecule has 5 heteroatoms. The van der Waals surface area contributed by atoms with E-state index in [0.29, 0.717) is 10.5 Å². The van der Waals surface area contributed by atoms with E-state index in [1.807, 2.05) is 13.0 Å². The number of hydrogen-bond donors (Lipinski definition) is 2. The second-order valence-electron chi connectivity index (χ2n) is 5.86. The Balaban J connectivity index is 2.34. The Morgan fingerprint density at radius 2 is 2.00 bits per heavy atom. The zero-order valence-corrected chi connectivity index (χ0v) is 13.4. The molecule has 1 aliphatic carbocycles. The molecule has 2 rings (SSSR count). The summed E-state index contributed by atoms with van der Waals surface area (Å²) in [6.07, 6.45) is 3.91. The van der Waals surface area contributed by atoms with Crippen LogP contribution in [0.2, 0.25) is 0 Å². The predicted molar refractivity (Wildman–Crippen MR) is 84.3 cm³/mol. The van der Waals surface area contributed by atoms with E-state index in [9.17, 15) is 8.42 Å². The van der Waals surface area contributed by atoms with Crippen LogP contribution in [0.15, 0.2) is 23.1 Å². The Labute approximate surface area is 127 Å². The van der Waals surface area contributed by atoms with Crippen LogP contribution in [0.1, 0.15) is 43.7 Å². The molecule has 0 heterocycles. The van der Waals surface area contributed by atoms with Gasteiger partial charge in [-0.3, -0.25) is 0 Å². The highest BCUT2D eigenvalue weighted by atomic mass is 32.2. The number of sulfonamides is 1. The lowest BCUT2D eigenvalue weighted by Crippen LogP contribution is -2.43. The Morgan fingerprint density at radius 1 is 1.33 bits per heavy atom. The second-order valence-corrected chi connectivity index (χ2v) is 7.51. The summed E-state index contributed by atoms with van der Waals surface area (Å²) in [5, 5.41) is 0. The van der Waals surface area contributed by atoms with E-state index < -0.39 is 10.0 Å². The summed E-state index contributed by atoms with van der Waals surface area (Å²) in [4.78, 5) is 0.305. The molecule has 0 saturated heterocycles. The van der Waals surface area contributed by atoms with Crippen LogP contribution in [0, 0.1) is 18.8 Å². The van der Waals surface area contributed by atoms with Crippen LogP contribution in [-0.4, -0.2) is 20.5 Å². The van der Waals surface area contributed by atoms with E-state index in [-0.39, 0.29) is 12.1 Å². The molecule has 0 spiro atoms. The van der Waals surface area contributed by atoms with Crippen LogP contribution < -0.4 is 10.5 Å². The highest BCUT2D eigenvalue weighted by Crippen LogP contribution is 2.31. The third-order valence-corrected chi connectivity index (χ3v) is 5.68. The van der Waals surface area contributed by atoms with Crippen molar-refractivity contribution in [3.05, 3.63) is 29.3 Å². The standard InChI is InChI=1S/C16H22N2O2S/c1-13-7-8-14(6-5-11-17)12-15(13)21(19,20)18-16(2)9-3-4-10-16/h7-8,12,18H,3-4,9-11,17H2,1-2H3. The van der Waals surface area contributed by atoms with Crippen LogP contribution in [-0.2, 0) is 10.0 Å². The molecule has 0 atom stereocenters. The molecule has 1 saturated carbocycles. The van der Waals surface area contributed by atoms with Crippen molar-refractivity contribution in [2.45, 2.75) is 50.0 Å². The number of aryl methyl sites for hydroxylation is 1. The van der Waals surface area contributed by atoms with Crippen molar-refractivity contribution in [1.29, 1.82) is 0 Å². The summed E-state index contributed by atoms with van der Waals surface area (Å²) in [6.45, 7) is 4.03. The highest BCUT2D eigenvalue weighted by Gasteiger charge is 2.34. The lowest BCUT2D eigenvalue weighted by Gasteiger charge is -2.25. The molecule has 1 fully saturated rings. The van der Waals surface area contributed by atoms with Gasteiger partial charge in [-0.2, -0.15) is 0 Å². The fourth-order valence-electron chi connectivity index (χ4n) is 2.76. The Morgan fingerprint density at radius 3 is 2.62 bits per heavy atom. The predicted octanol–water partition coefficient (Wildman–Crippen LogP) is 1.92. The first-order valence-electron chi connectivity index (χ1n) is 7.20. The fraction of sp³-hybridized carbons (Fsp3) is 0.500. The minimum absolute atomic E-state index is 0.256. The maximum atomic E-state index is 12.7. The molecule has 0 radical (unpaired) electrons. The summed E-state index contributed by atoms with van der Waals surface area (Å²) >= 11 is 0. The maximum absolute atomic E-state index is 12.7. The third-order valence-electron chi connectivity index (χ3n) is 3.90. The van der Waals surface area contributed by atoms with Gasteiger partial charge in [0.1, 0.15) is 0 Å². The molecule has 0 bridgehead atoms. The summed E-state index contributed by atoms with van der Waals surface area (Å²) in [5.74, 6) is 5.63. The summed E-state index contributed by atoms with van der Waals surface area (Å²) in [7, 11) is -3.53. The number of nitrogens with two attached hydrogens (primary N) is 1. The van der Waals surface area contributed by atoms with Crippen molar-refractivity contribution >= 4 is 10.0 Å². The van der Waals surface area contributed by atoms with Gasteiger partial charge in [-0.05, 0) is 44.4 Å².